The third kappa shape index (κ3) is 4.34. The third-order valence-electron chi connectivity index (χ3n) is 4.24. The standard InChI is InChI=1S/C16H29N3/c1-3-11-17-14(4-2)13-15-10-12-19(18-15)16-8-6-5-7-9-16/h10,12,14,16-17H,3-9,11,13H2,1-2H3. The molecule has 1 heterocycles. The van der Waals surface area contributed by atoms with Crippen LogP contribution in [0, 0.1) is 0 Å². The maximum atomic E-state index is 4.81. The van der Waals surface area contributed by atoms with E-state index in [0.29, 0.717) is 12.1 Å². The molecule has 2 rings (SSSR count). The zero-order chi connectivity index (χ0) is 13.5. The smallest absolute Gasteiger partial charge is 0.0640 e. The van der Waals surface area contributed by atoms with Gasteiger partial charge in [0.2, 0.25) is 0 Å². The molecule has 1 saturated carbocycles. The van der Waals surface area contributed by atoms with Crippen LogP contribution in [-0.2, 0) is 6.42 Å². The molecule has 0 radical (unpaired) electrons. The van der Waals surface area contributed by atoms with Crippen LogP contribution in [-0.4, -0.2) is 22.4 Å². The summed E-state index contributed by atoms with van der Waals surface area (Å²) in [5.74, 6) is 0. The molecule has 1 aliphatic rings. The number of aromatic nitrogens is 2. The van der Waals surface area contributed by atoms with Gasteiger partial charge in [0.1, 0.15) is 0 Å². The van der Waals surface area contributed by atoms with Gasteiger partial charge >= 0.3 is 0 Å². The molecule has 19 heavy (non-hydrogen) atoms. The molecule has 1 aromatic heterocycles. The number of hydrogen-bond donors (Lipinski definition) is 1. The van der Waals surface area contributed by atoms with Gasteiger partial charge in [-0.1, -0.05) is 33.1 Å². The van der Waals surface area contributed by atoms with Gasteiger partial charge in [-0.15, -0.1) is 0 Å². The summed E-state index contributed by atoms with van der Waals surface area (Å²) in [7, 11) is 0. The SMILES string of the molecule is CCCNC(CC)Cc1ccn(C2CCCCC2)n1. The molecule has 3 nitrogen and oxygen atoms in total. The van der Waals surface area contributed by atoms with Gasteiger partial charge in [-0.25, -0.2) is 0 Å². The second-order valence-corrected chi connectivity index (χ2v) is 5.84. The maximum Gasteiger partial charge on any atom is 0.0640 e. The van der Waals surface area contributed by atoms with Crippen molar-refractivity contribution in [3.63, 3.8) is 0 Å². The summed E-state index contributed by atoms with van der Waals surface area (Å²) in [6.07, 6.45) is 12.4. The van der Waals surface area contributed by atoms with Crippen molar-refractivity contribution in [2.45, 2.75) is 77.3 Å². The van der Waals surface area contributed by atoms with Gasteiger partial charge in [0.15, 0.2) is 0 Å². The van der Waals surface area contributed by atoms with Gasteiger partial charge in [0, 0.05) is 18.7 Å². The van der Waals surface area contributed by atoms with Crippen molar-refractivity contribution in [1.82, 2.24) is 15.1 Å². The van der Waals surface area contributed by atoms with Gasteiger partial charge in [-0.3, -0.25) is 4.68 Å². The van der Waals surface area contributed by atoms with Gasteiger partial charge in [-0.2, -0.15) is 5.10 Å². The average Bonchev–Trinajstić information content (AvgIpc) is 2.93. The van der Waals surface area contributed by atoms with Gasteiger partial charge < -0.3 is 5.32 Å². The first-order valence-electron chi connectivity index (χ1n) is 8.11. The fraction of sp³-hybridized carbons (Fsp3) is 0.812. The van der Waals surface area contributed by atoms with E-state index in [1.54, 1.807) is 0 Å². The molecular formula is C16H29N3. The van der Waals surface area contributed by atoms with E-state index in [9.17, 15) is 0 Å². The van der Waals surface area contributed by atoms with Crippen molar-refractivity contribution in [1.29, 1.82) is 0 Å². The molecule has 1 atom stereocenters. The predicted octanol–water partition coefficient (Wildman–Crippen LogP) is 3.71. The molecule has 0 bridgehead atoms. The van der Waals surface area contributed by atoms with Gasteiger partial charge in [0.05, 0.1) is 11.7 Å². The lowest BCUT2D eigenvalue weighted by molar-refractivity contribution is 0.327. The summed E-state index contributed by atoms with van der Waals surface area (Å²) in [5.41, 5.74) is 1.25. The molecule has 0 spiro atoms. The quantitative estimate of drug-likeness (QED) is 0.812. The Morgan fingerprint density at radius 1 is 1.32 bits per heavy atom. The Bertz CT molecular complexity index is 353. The minimum atomic E-state index is 0.578. The second-order valence-electron chi connectivity index (χ2n) is 5.84. The van der Waals surface area contributed by atoms with E-state index in [1.165, 1.54) is 50.6 Å². The number of hydrogen-bond acceptors (Lipinski definition) is 2. The topological polar surface area (TPSA) is 29.9 Å². The normalized spacial score (nSPS) is 18.6. The van der Waals surface area contributed by atoms with E-state index >= 15 is 0 Å². The fourth-order valence-corrected chi connectivity index (χ4v) is 3.00. The summed E-state index contributed by atoms with van der Waals surface area (Å²) in [6.45, 7) is 5.59. The highest BCUT2D eigenvalue weighted by molar-refractivity contribution is 5.02. The Morgan fingerprint density at radius 2 is 2.11 bits per heavy atom. The van der Waals surface area contributed by atoms with Crippen LogP contribution in [0.4, 0.5) is 0 Å². The van der Waals surface area contributed by atoms with E-state index in [2.05, 4.69) is 36.1 Å². The summed E-state index contributed by atoms with van der Waals surface area (Å²) < 4.78 is 2.22. The molecular weight excluding hydrogens is 234 g/mol. The third-order valence-corrected chi connectivity index (χ3v) is 4.24. The highest BCUT2D eigenvalue weighted by Gasteiger charge is 2.16. The summed E-state index contributed by atoms with van der Waals surface area (Å²) >= 11 is 0. The van der Waals surface area contributed by atoms with Gasteiger partial charge in [-0.05, 0) is 38.3 Å². The van der Waals surface area contributed by atoms with E-state index in [0.717, 1.165) is 13.0 Å². The molecule has 1 aromatic rings. The van der Waals surface area contributed by atoms with Crippen molar-refractivity contribution in [2.75, 3.05) is 6.54 Å². The molecule has 1 fully saturated rings. The van der Waals surface area contributed by atoms with Crippen LogP contribution >= 0.6 is 0 Å². The minimum absolute atomic E-state index is 0.578. The van der Waals surface area contributed by atoms with E-state index in [1.807, 2.05) is 0 Å². The Balaban J connectivity index is 1.88. The Morgan fingerprint density at radius 3 is 2.79 bits per heavy atom. The minimum Gasteiger partial charge on any atom is -0.314 e. The van der Waals surface area contributed by atoms with E-state index in [-0.39, 0.29) is 0 Å². The second kappa shape index (κ2) is 7.68. The summed E-state index contributed by atoms with van der Waals surface area (Å²) in [6, 6.07) is 3.45. The zero-order valence-corrected chi connectivity index (χ0v) is 12.6. The zero-order valence-electron chi connectivity index (χ0n) is 12.6. The molecule has 0 saturated heterocycles. The average molecular weight is 263 g/mol. The molecule has 0 aromatic carbocycles. The van der Waals surface area contributed by atoms with Crippen LogP contribution in [0.2, 0.25) is 0 Å². The highest BCUT2D eigenvalue weighted by Crippen LogP contribution is 2.27. The predicted molar refractivity (Wildman–Crippen MR) is 80.4 cm³/mol. The molecule has 0 amide bonds. The number of nitrogens with zero attached hydrogens (tertiary/aromatic N) is 2. The van der Waals surface area contributed by atoms with Crippen molar-refractivity contribution in [3.05, 3.63) is 18.0 Å². The van der Waals surface area contributed by atoms with E-state index < -0.39 is 0 Å². The summed E-state index contributed by atoms with van der Waals surface area (Å²) in [5, 5.41) is 8.41. The molecule has 1 aliphatic carbocycles. The largest absolute Gasteiger partial charge is 0.314 e. The van der Waals surface area contributed by atoms with Crippen LogP contribution in [0.1, 0.15) is 70.5 Å². The molecule has 108 valence electrons. The number of rotatable bonds is 7. The van der Waals surface area contributed by atoms with Crippen LogP contribution in [0.15, 0.2) is 12.3 Å². The molecule has 3 heteroatoms. The lowest BCUT2D eigenvalue weighted by Crippen LogP contribution is -2.31. The fourth-order valence-electron chi connectivity index (χ4n) is 3.00. The molecule has 1 N–H and O–H groups in total. The van der Waals surface area contributed by atoms with Crippen molar-refractivity contribution >= 4 is 0 Å². The van der Waals surface area contributed by atoms with Gasteiger partial charge in [0.25, 0.3) is 0 Å². The highest BCUT2D eigenvalue weighted by atomic mass is 15.3. The first kappa shape index (κ1) is 14.6. The Kier molecular flexibility index (Phi) is 5.90. The lowest BCUT2D eigenvalue weighted by atomic mass is 9.96. The number of nitrogens with one attached hydrogen (secondary N) is 1. The first-order chi connectivity index (χ1) is 9.33. The van der Waals surface area contributed by atoms with Crippen LogP contribution in [0.5, 0.6) is 0 Å². The Labute approximate surface area is 117 Å². The lowest BCUT2D eigenvalue weighted by Gasteiger charge is -2.22. The molecule has 1 unspecified atom stereocenters. The maximum absolute atomic E-state index is 4.81. The van der Waals surface area contributed by atoms with Crippen LogP contribution < -0.4 is 5.32 Å². The van der Waals surface area contributed by atoms with Crippen LogP contribution in [0.25, 0.3) is 0 Å². The molecule has 0 aliphatic heterocycles. The van der Waals surface area contributed by atoms with Crippen LogP contribution in [0.3, 0.4) is 0 Å². The first-order valence-corrected chi connectivity index (χ1v) is 8.11. The van der Waals surface area contributed by atoms with E-state index in [4.69, 9.17) is 5.10 Å². The van der Waals surface area contributed by atoms with Crippen molar-refractivity contribution in [2.24, 2.45) is 0 Å². The monoisotopic (exact) mass is 263 g/mol. The van der Waals surface area contributed by atoms with Crippen molar-refractivity contribution in [3.8, 4) is 0 Å². The van der Waals surface area contributed by atoms with Crippen molar-refractivity contribution < 1.29 is 0 Å². The summed E-state index contributed by atoms with van der Waals surface area (Å²) in [4.78, 5) is 0. The Hall–Kier alpha value is -0.830.